The molecule has 1 heterocycles. The van der Waals surface area contributed by atoms with Gasteiger partial charge in [0, 0.05) is 22.6 Å². The molecule has 1 fully saturated rings. The Balaban J connectivity index is 2.18. The SMILES string of the molecule is O=C(C(Cl)c1ccc(Br)cc1Cl)N1CCCC1. The van der Waals surface area contributed by atoms with E-state index in [2.05, 4.69) is 15.9 Å². The number of carbonyl (C=O) groups is 1. The molecule has 0 saturated carbocycles. The summed E-state index contributed by atoms with van der Waals surface area (Å²) in [5.41, 5.74) is 0.674. The Hall–Kier alpha value is -0.250. The topological polar surface area (TPSA) is 20.3 Å². The van der Waals surface area contributed by atoms with Crippen molar-refractivity contribution >= 4 is 45.0 Å². The highest BCUT2D eigenvalue weighted by molar-refractivity contribution is 9.10. The number of hydrogen-bond donors (Lipinski definition) is 0. The van der Waals surface area contributed by atoms with Crippen molar-refractivity contribution in [1.82, 2.24) is 4.90 Å². The van der Waals surface area contributed by atoms with Crippen molar-refractivity contribution in [2.24, 2.45) is 0 Å². The molecule has 2 nitrogen and oxygen atoms in total. The number of halogens is 3. The van der Waals surface area contributed by atoms with Gasteiger partial charge in [-0.25, -0.2) is 0 Å². The van der Waals surface area contributed by atoms with Crippen LogP contribution in [0.15, 0.2) is 22.7 Å². The van der Waals surface area contributed by atoms with E-state index >= 15 is 0 Å². The monoisotopic (exact) mass is 335 g/mol. The molecule has 0 N–H and O–H groups in total. The summed E-state index contributed by atoms with van der Waals surface area (Å²) in [7, 11) is 0. The van der Waals surface area contributed by atoms with E-state index in [1.54, 1.807) is 17.0 Å². The molecule has 0 bridgehead atoms. The number of nitrogens with zero attached hydrogens (tertiary/aromatic N) is 1. The summed E-state index contributed by atoms with van der Waals surface area (Å²) in [5.74, 6) is -0.0478. The average molecular weight is 337 g/mol. The molecule has 1 aliphatic rings. The Morgan fingerprint density at radius 3 is 2.59 bits per heavy atom. The maximum atomic E-state index is 12.1. The molecule has 5 heteroatoms. The molecule has 1 unspecified atom stereocenters. The molecule has 17 heavy (non-hydrogen) atoms. The Morgan fingerprint density at radius 2 is 2.00 bits per heavy atom. The van der Waals surface area contributed by atoms with E-state index < -0.39 is 5.38 Å². The van der Waals surface area contributed by atoms with Gasteiger partial charge in [0.1, 0.15) is 5.38 Å². The predicted octanol–water partition coefficient (Wildman–Crippen LogP) is 4.00. The zero-order valence-electron chi connectivity index (χ0n) is 9.13. The molecule has 0 aliphatic carbocycles. The Labute approximate surface area is 119 Å². The first kappa shape index (κ1) is 13.2. The molecule has 0 aromatic heterocycles. The standard InChI is InChI=1S/C12H12BrCl2NO/c13-8-3-4-9(10(14)7-8)11(15)12(17)16-5-1-2-6-16/h3-4,7,11H,1-2,5-6H2. The van der Waals surface area contributed by atoms with Gasteiger partial charge in [-0.3, -0.25) is 4.79 Å². The zero-order valence-corrected chi connectivity index (χ0v) is 12.2. The number of alkyl halides is 1. The number of rotatable bonds is 2. The van der Waals surface area contributed by atoms with E-state index in [0.29, 0.717) is 10.6 Å². The molecule has 1 aromatic carbocycles. The molecule has 92 valence electrons. The van der Waals surface area contributed by atoms with E-state index in [-0.39, 0.29) is 5.91 Å². The maximum absolute atomic E-state index is 12.1. The van der Waals surface area contributed by atoms with Gasteiger partial charge in [-0.1, -0.05) is 33.6 Å². The molecule has 1 aromatic rings. The second-order valence-electron chi connectivity index (χ2n) is 4.06. The summed E-state index contributed by atoms with van der Waals surface area (Å²) in [6.45, 7) is 1.60. The van der Waals surface area contributed by atoms with Crippen LogP contribution >= 0.6 is 39.1 Å². The second-order valence-corrected chi connectivity index (χ2v) is 5.82. The number of carbonyl (C=O) groups excluding carboxylic acids is 1. The summed E-state index contributed by atoms with van der Waals surface area (Å²) < 4.78 is 0.878. The van der Waals surface area contributed by atoms with Crippen molar-refractivity contribution in [2.75, 3.05) is 13.1 Å². The summed E-state index contributed by atoms with van der Waals surface area (Å²) in [6.07, 6.45) is 2.12. The lowest BCUT2D eigenvalue weighted by Crippen LogP contribution is -2.30. The van der Waals surface area contributed by atoms with Crippen molar-refractivity contribution in [1.29, 1.82) is 0 Å². The van der Waals surface area contributed by atoms with E-state index in [0.717, 1.165) is 30.4 Å². The average Bonchev–Trinajstić information content (AvgIpc) is 2.80. The third-order valence-electron chi connectivity index (χ3n) is 2.87. The molecule has 0 spiro atoms. The van der Waals surface area contributed by atoms with Gasteiger partial charge in [-0.2, -0.15) is 0 Å². The number of amides is 1. The lowest BCUT2D eigenvalue weighted by Gasteiger charge is -2.19. The van der Waals surface area contributed by atoms with Gasteiger partial charge in [0.2, 0.25) is 5.91 Å². The largest absolute Gasteiger partial charge is 0.341 e. The van der Waals surface area contributed by atoms with Crippen LogP contribution in [0.4, 0.5) is 0 Å². The number of hydrogen-bond acceptors (Lipinski definition) is 1. The van der Waals surface area contributed by atoms with Crippen molar-refractivity contribution in [2.45, 2.75) is 18.2 Å². The van der Waals surface area contributed by atoms with Gasteiger partial charge in [-0.15, -0.1) is 11.6 Å². The summed E-state index contributed by atoms with van der Waals surface area (Å²) >= 11 is 15.6. The molecule has 1 saturated heterocycles. The van der Waals surface area contributed by atoms with Crippen LogP contribution in [0.3, 0.4) is 0 Å². The highest BCUT2D eigenvalue weighted by Gasteiger charge is 2.27. The summed E-state index contributed by atoms with van der Waals surface area (Å²) in [5, 5.41) is -0.166. The lowest BCUT2D eigenvalue weighted by molar-refractivity contribution is -0.129. The second kappa shape index (κ2) is 5.59. The Kier molecular flexibility index (Phi) is 4.34. The third kappa shape index (κ3) is 2.95. The normalized spacial score (nSPS) is 17.2. The first-order valence-electron chi connectivity index (χ1n) is 5.47. The molecule has 2 rings (SSSR count). The summed E-state index contributed by atoms with van der Waals surface area (Å²) in [6, 6.07) is 5.38. The van der Waals surface area contributed by atoms with Crippen LogP contribution in [0.25, 0.3) is 0 Å². The van der Waals surface area contributed by atoms with Gasteiger partial charge in [0.05, 0.1) is 0 Å². The van der Waals surface area contributed by atoms with Crippen LogP contribution in [0, 0.1) is 0 Å². The van der Waals surface area contributed by atoms with Crippen LogP contribution in [-0.2, 0) is 4.79 Å². The molecular weight excluding hydrogens is 325 g/mol. The fourth-order valence-corrected chi connectivity index (χ4v) is 3.10. The van der Waals surface area contributed by atoms with E-state index in [9.17, 15) is 4.79 Å². The van der Waals surface area contributed by atoms with Gasteiger partial charge in [0.25, 0.3) is 0 Å². The van der Waals surface area contributed by atoms with E-state index in [4.69, 9.17) is 23.2 Å². The fourth-order valence-electron chi connectivity index (χ4n) is 1.94. The minimum Gasteiger partial charge on any atom is -0.341 e. The lowest BCUT2D eigenvalue weighted by atomic mass is 10.1. The Bertz CT molecular complexity index is 433. The van der Waals surface area contributed by atoms with Gasteiger partial charge in [0.15, 0.2) is 0 Å². The minimum absolute atomic E-state index is 0.0478. The highest BCUT2D eigenvalue weighted by atomic mass is 79.9. The van der Waals surface area contributed by atoms with Crippen LogP contribution in [-0.4, -0.2) is 23.9 Å². The van der Waals surface area contributed by atoms with Crippen LogP contribution in [0.2, 0.25) is 5.02 Å². The smallest absolute Gasteiger partial charge is 0.245 e. The predicted molar refractivity (Wildman–Crippen MR) is 73.6 cm³/mol. The first-order valence-corrected chi connectivity index (χ1v) is 7.08. The van der Waals surface area contributed by atoms with E-state index in [1.807, 2.05) is 6.07 Å². The van der Waals surface area contributed by atoms with Gasteiger partial charge < -0.3 is 4.90 Å². The minimum atomic E-state index is -0.686. The molecule has 0 radical (unpaired) electrons. The number of likely N-dealkylation sites (tertiary alicyclic amines) is 1. The Morgan fingerprint density at radius 1 is 1.35 bits per heavy atom. The zero-order chi connectivity index (χ0) is 12.4. The fraction of sp³-hybridized carbons (Fsp3) is 0.417. The van der Waals surface area contributed by atoms with Crippen LogP contribution in [0.5, 0.6) is 0 Å². The van der Waals surface area contributed by atoms with Crippen molar-refractivity contribution in [3.8, 4) is 0 Å². The van der Waals surface area contributed by atoms with Crippen molar-refractivity contribution in [3.63, 3.8) is 0 Å². The molecular formula is C12H12BrCl2NO. The molecule has 1 aliphatic heterocycles. The van der Waals surface area contributed by atoms with E-state index in [1.165, 1.54) is 0 Å². The van der Waals surface area contributed by atoms with Crippen molar-refractivity contribution in [3.05, 3.63) is 33.3 Å². The first-order chi connectivity index (χ1) is 8.09. The van der Waals surface area contributed by atoms with Crippen LogP contribution in [0.1, 0.15) is 23.8 Å². The third-order valence-corrected chi connectivity index (χ3v) is 4.11. The van der Waals surface area contributed by atoms with Crippen LogP contribution < -0.4 is 0 Å². The molecule has 1 atom stereocenters. The summed E-state index contributed by atoms with van der Waals surface area (Å²) in [4.78, 5) is 13.9. The van der Waals surface area contributed by atoms with Gasteiger partial charge in [-0.05, 0) is 30.5 Å². The maximum Gasteiger partial charge on any atom is 0.245 e. The van der Waals surface area contributed by atoms with Gasteiger partial charge >= 0.3 is 0 Å². The quantitative estimate of drug-likeness (QED) is 0.747. The number of benzene rings is 1. The highest BCUT2D eigenvalue weighted by Crippen LogP contribution is 2.32. The van der Waals surface area contributed by atoms with Crippen molar-refractivity contribution < 1.29 is 4.79 Å². The molecule has 1 amide bonds.